The van der Waals surface area contributed by atoms with E-state index in [-0.39, 0.29) is 18.1 Å². The van der Waals surface area contributed by atoms with Crippen molar-refractivity contribution >= 4 is 22.9 Å². The lowest BCUT2D eigenvalue weighted by Crippen LogP contribution is -2.40. The molecule has 2 N–H and O–H groups in total. The zero-order chi connectivity index (χ0) is 15.7. The van der Waals surface area contributed by atoms with Crippen LogP contribution in [0.4, 0.5) is 4.39 Å². The first-order chi connectivity index (χ1) is 10.5. The van der Waals surface area contributed by atoms with Gasteiger partial charge in [-0.25, -0.2) is 14.2 Å². The van der Waals surface area contributed by atoms with Gasteiger partial charge in [0, 0.05) is 19.4 Å². The summed E-state index contributed by atoms with van der Waals surface area (Å²) < 4.78 is 13.1. The van der Waals surface area contributed by atoms with Gasteiger partial charge in [-0.05, 0) is 18.2 Å². The maximum Gasteiger partial charge on any atom is 0.330 e. The third-order valence-electron chi connectivity index (χ3n) is 3.60. The first-order valence-electron chi connectivity index (χ1n) is 6.87. The summed E-state index contributed by atoms with van der Waals surface area (Å²) in [5, 5.41) is 9.04. The molecule has 114 valence electrons. The van der Waals surface area contributed by atoms with E-state index >= 15 is 0 Å². The van der Waals surface area contributed by atoms with E-state index in [2.05, 4.69) is 9.97 Å². The standard InChI is InChI=1S/C15H14FN3O3/c16-9-3-4-10-11(8-9)18-13(17-10)5-6-14(20)19-7-1-2-12(19)15(21)22/h1-4,8,12H,5-7H2,(H,17,18)(H,21,22)/t12-/m1/s1. The Hall–Kier alpha value is -2.70. The van der Waals surface area contributed by atoms with Crippen molar-refractivity contribution in [2.24, 2.45) is 0 Å². The molecule has 0 bridgehead atoms. The van der Waals surface area contributed by atoms with Crippen molar-refractivity contribution < 1.29 is 19.1 Å². The van der Waals surface area contributed by atoms with Gasteiger partial charge in [-0.15, -0.1) is 0 Å². The van der Waals surface area contributed by atoms with Crippen LogP contribution in [0.3, 0.4) is 0 Å². The van der Waals surface area contributed by atoms with Crippen LogP contribution in [0.2, 0.25) is 0 Å². The number of aromatic amines is 1. The highest BCUT2D eigenvalue weighted by Crippen LogP contribution is 2.16. The fourth-order valence-electron chi connectivity index (χ4n) is 2.52. The van der Waals surface area contributed by atoms with Gasteiger partial charge < -0.3 is 15.0 Å². The number of nitrogens with zero attached hydrogens (tertiary/aromatic N) is 2. The lowest BCUT2D eigenvalue weighted by Gasteiger charge is -2.21. The number of amides is 1. The number of aryl methyl sites for hydroxylation is 1. The van der Waals surface area contributed by atoms with Gasteiger partial charge in [-0.1, -0.05) is 12.2 Å². The molecular weight excluding hydrogens is 289 g/mol. The van der Waals surface area contributed by atoms with Gasteiger partial charge in [-0.2, -0.15) is 0 Å². The minimum atomic E-state index is -1.04. The van der Waals surface area contributed by atoms with Crippen LogP contribution in [0.25, 0.3) is 11.0 Å². The van der Waals surface area contributed by atoms with Crippen molar-refractivity contribution in [1.82, 2.24) is 14.9 Å². The van der Waals surface area contributed by atoms with Crippen LogP contribution < -0.4 is 0 Å². The van der Waals surface area contributed by atoms with E-state index in [0.29, 0.717) is 29.8 Å². The Kier molecular flexibility index (Phi) is 3.62. The molecular formula is C15H14FN3O3. The van der Waals surface area contributed by atoms with Gasteiger partial charge >= 0.3 is 5.97 Å². The minimum Gasteiger partial charge on any atom is -0.479 e. The molecule has 6 nitrogen and oxygen atoms in total. The minimum absolute atomic E-state index is 0.147. The highest BCUT2D eigenvalue weighted by atomic mass is 19.1. The molecule has 1 aromatic heterocycles. The number of nitrogens with one attached hydrogen (secondary N) is 1. The Morgan fingerprint density at radius 3 is 3.05 bits per heavy atom. The van der Waals surface area contributed by atoms with E-state index in [0.717, 1.165) is 0 Å². The lowest BCUT2D eigenvalue weighted by molar-refractivity contribution is -0.146. The molecule has 7 heteroatoms. The number of H-pyrrole nitrogens is 1. The number of carboxylic acids is 1. The topological polar surface area (TPSA) is 86.3 Å². The number of hydrogen-bond acceptors (Lipinski definition) is 3. The van der Waals surface area contributed by atoms with Crippen molar-refractivity contribution in [3.8, 4) is 0 Å². The summed E-state index contributed by atoms with van der Waals surface area (Å²) in [5.74, 6) is -1.07. The number of carbonyl (C=O) groups is 2. The molecule has 1 aliphatic heterocycles. The molecule has 0 radical (unpaired) electrons. The zero-order valence-electron chi connectivity index (χ0n) is 11.6. The number of hydrogen-bond donors (Lipinski definition) is 2. The van der Waals surface area contributed by atoms with E-state index in [1.807, 2.05) is 0 Å². The Labute approximate surface area is 125 Å². The Bertz CT molecular complexity index is 768. The molecule has 0 spiro atoms. The summed E-state index contributed by atoms with van der Waals surface area (Å²) in [4.78, 5) is 31.7. The zero-order valence-corrected chi connectivity index (χ0v) is 11.6. The molecule has 22 heavy (non-hydrogen) atoms. The molecule has 2 aromatic rings. The fourth-order valence-corrected chi connectivity index (χ4v) is 2.52. The third-order valence-corrected chi connectivity index (χ3v) is 3.60. The Morgan fingerprint density at radius 2 is 2.27 bits per heavy atom. The van der Waals surface area contributed by atoms with Crippen molar-refractivity contribution in [1.29, 1.82) is 0 Å². The maximum atomic E-state index is 13.1. The van der Waals surface area contributed by atoms with E-state index in [1.165, 1.54) is 23.1 Å². The van der Waals surface area contributed by atoms with Crippen LogP contribution >= 0.6 is 0 Å². The molecule has 0 fully saturated rings. The largest absolute Gasteiger partial charge is 0.479 e. The maximum absolute atomic E-state index is 13.1. The normalized spacial score (nSPS) is 17.3. The predicted octanol–water partition coefficient (Wildman–Crippen LogP) is 1.49. The second-order valence-corrected chi connectivity index (χ2v) is 5.10. The average molecular weight is 303 g/mol. The molecule has 0 unspecified atom stereocenters. The molecule has 0 aliphatic carbocycles. The molecule has 0 saturated heterocycles. The van der Waals surface area contributed by atoms with Crippen molar-refractivity contribution in [3.05, 3.63) is 42.0 Å². The molecule has 1 aliphatic rings. The number of halogens is 1. The van der Waals surface area contributed by atoms with Crippen LogP contribution in [0, 0.1) is 5.82 Å². The number of aliphatic carboxylic acids is 1. The molecule has 2 heterocycles. The molecule has 1 aromatic carbocycles. The summed E-state index contributed by atoms with van der Waals surface area (Å²) >= 11 is 0. The van der Waals surface area contributed by atoms with E-state index in [1.54, 1.807) is 12.1 Å². The Morgan fingerprint density at radius 1 is 1.45 bits per heavy atom. The van der Waals surface area contributed by atoms with Crippen LogP contribution in [-0.4, -0.2) is 44.4 Å². The SMILES string of the molecule is O=C(O)[C@H]1C=CCN1C(=O)CCc1nc2ccc(F)cc2[nH]1. The van der Waals surface area contributed by atoms with Crippen molar-refractivity contribution in [2.75, 3.05) is 6.54 Å². The van der Waals surface area contributed by atoms with E-state index in [9.17, 15) is 14.0 Å². The van der Waals surface area contributed by atoms with Crippen LogP contribution in [-0.2, 0) is 16.0 Å². The molecule has 1 atom stereocenters. The van der Waals surface area contributed by atoms with Crippen LogP contribution in [0.15, 0.2) is 30.4 Å². The number of imidazole rings is 1. The second-order valence-electron chi connectivity index (χ2n) is 5.10. The predicted molar refractivity (Wildman–Crippen MR) is 76.6 cm³/mol. The first kappa shape index (κ1) is 14.2. The number of benzene rings is 1. The monoisotopic (exact) mass is 303 g/mol. The van der Waals surface area contributed by atoms with Crippen molar-refractivity contribution in [3.63, 3.8) is 0 Å². The quantitative estimate of drug-likeness (QED) is 0.838. The number of carboxylic acid groups (broad SMARTS) is 1. The summed E-state index contributed by atoms with van der Waals surface area (Å²) in [6, 6.07) is 3.35. The molecule has 0 saturated carbocycles. The highest BCUT2D eigenvalue weighted by molar-refractivity contribution is 5.86. The lowest BCUT2D eigenvalue weighted by atomic mass is 10.2. The highest BCUT2D eigenvalue weighted by Gasteiger charge is 2.29. The fraction of sp³-hybridized carbons (Fsp3) is 0.267. The van der Waals surface area contributed by atoms with Gasteiger partial charge in [0.05, 0.1) is 11.0 Å². The van der Waals surface area contributed by atoms with Crippen LogP contribution in [0.1, 0.15) is 12.2 Å². The van der Waals surface area contributed by atoms with Gasteiger partial charge in [0.15, 0.2) is 0 Å². The number of aromatic nitrogens is 2. The summed E-state index contributed by atoms with van der Waals surface area (Å²) in [7, 11) is 0. The van der Waals surface area contributed by atoms with Crippen LogP contribution in [0.5, 0.6) is 0 Å². The number of rotatable bonds is 4. The Balaban J connectivity index is 1.66. The summed E-state index contributed by atoms with van der Waals surface area (Å²) in [6.45, 7) is 0.307. The van der Waals surface area contributed by atoms with E-state index in [4.69, 9.17) is 5.11 Å². The van der Waals surface area contributed by atoms with Gasteiger partial charge in [0.2, 0.25) is 5.91 Å². The summed E-state index contributed by atoms with van der Waals surface area (Å²) in [6.07, 6.45) is 3.66. The smallest absolute Gasteiger partial charge is 0.330 e. The van der Waals surface area contributed by atoms with Crippen molar-refractivity contribution in [2.45, 2.75) is 18.9 Å². The average Bonchev–Trinajstić information content (AvgIpc) is 3.10. The van der Waals surface area contributed by atoms with Gasteiger partial charge in [0.25, 0.3) is 0 Å². The number of fused-ring (bicyclic) bond motifs is 1. The third kappa shape index (κ3) is 2.69. The molecule has 1 amide bonds. The second kappa shape index (κ2) is 5.59. The number of carbonyl (C=O) groups excluding carboxylic acids is 1. The van der Waals surface area contributed by atoms with Gasteiger partial charge in [-0.3, -0.25) is 4.79 Å². The first-order valence-corrected chi connectivity index (χ1v) is 6.87. The van der Waals surface area contributed by atoms with E-state index < -0.39 is 12.0 Å². The van der Waals surface area contributed by atoms with Gasteiger partial charge in [0.1, 0.15) is 17.7 Å². The summed E-state index contributed by atoms with van der Waals surface area (Å²) in [5.41, 5.74) is 1.21. The molecule has 3 rings (SSSR count).